The first kappa shape index (κ1) is 15.9. The summed E-state index contributed by atoms with van der Waals surface area (Å²) in [6.45, 7) is 14.9. The predicted molar refractivity (Wildman–Crippen MR) is 73.9 cm³/mol. The summed E-state index contributed by atoms with van der Waals surface area (Å²) in [7, 11) is 2.22. The van der Waals surface area contributed by atoms with Gasteiger partial charge in [-0.2, -0.15) is 0 Å². The fourth-order valence-electron chi connectivity index (χ4n) is 1.58. The van der Waals surface area contributed by atoms with Crippen LogP contribution in [0.4, 0.5) is 0 Å². The lowest BCUT2D eigenvalue weighted by Crippen LogP contribution is -2.43. The van der Waals surface area contributed by atoms with Gasteiger partial charge in [-0.25, -0.2) is 0 Å². The van der Waals surface area contributed by atoms with Crippen molar-refractivity contribution in [3.05, 3.63) is 0 Å². The van der Waals surface area contributed by atoms with Gasteiger partial charge < -0.3 is 5.32 Å². The van der Waals surface area contributed by atoms with Crippen molar-refractivity contribution in [1.29, 1.82) is 0 Å². The average molecular weight is 228 g/mol. The Labute approximate surface area is 103 Å². The summed E-state index contributed by atoms with van der Waals surface area (Å²) in [5.41, 5.74) is 0.333. The van der Waals surface area contributed by atoms with Crippen molar-refractivity contribution in [2.45, 2.75) is 59.4 Å². The maximum absolute atomic E-state index is 3.53. The third kappa shape index (κ3) is 7.24. The first-order valence-electron chi connectivity index (χ1n) is 6.82. The van der Waals surface area contributed by atoms with E-state index in [0.717, 1.165) is 19.0 Å². The van der Waals surface area contributed by atoms with Crippen LogP contribution in [0.1, 0.15) is 53.9 Å². The van der Waals surface area contributed by atoms with Crippen LogP contribution in [0, 0.1) is 5.92 Å². The topological polar surface area (TPSA) is 15.3 Å². The number of hydrogen-bond donors (Lipinski definition) is 1. The molecule has 1 N–H and O–H groups in total. The number of nitrogens with zero attached hydrogens (tertiary/aromatic N) is 1. The molecular weight excluding hydrogens is 196 g/mol. The Balaban J connectivity index is 3.45. The quantitative estimate of drug-likeness (QED) is 0.610. The SMILES string of the molecule is CCC(C)(C)N(C)CCNCCCC(C)C. The molecule has 0 aliphatic carbocycles. The molecule has 0 aromatic rings. The monoisotopic (exact) mass is 228 g/mol. The van der Waals surface area contributed by atoms with Crippen LogP contribution >= 0.6 is 0 Å². The minimum Gasteiger partial charge on any atom is -0.315 e. The van der Waals surface area contributed by atoms with Gasteiger partial charge in [0.2, 0.25) is 0 Å². The van der Waals surface area contributed by atoms with Gasteiger partial charge in [0.1, 0.15) is 0 Å². The molecule has 0 saturated heterocycles. The summed E-state index contributed by atoms with van der Waals surface area (Å²) < 4.78 is 0. The van der Waals surface area contributed by atoms with Gasteiger partial charge in [0.05, 0.1) is 0 Å². The van der Waals surface area contributed by atoms with Gasteiger partial charge in [-0.15, -0.1) is 0 Å². The first-order chi connectivity index (χ1) is 7.40. The Morgan fingerprint density at radius 2 is 1.81 bits per heavy atom. The van der Waals surface area contributed by atoms with Crippen molar-refractivity contribution in [2.75, 3.05) is 26.7 Å². The van der Waals surface area contributed by atoms with E-state index in [4.69, 9.17) is 0 Å². The Hall–Kier alpha value is -0.0800. The molecule has 0 unspecified atom stereocenters. The lowest BCUT2D eigenvalue weighted by Gasteiger charge is -2.34. The summed E-state index contributed by atoms with van der Waals surface area (Å²) in [4.78, 5) is 2.45. The molecule has 0 amide bonds. The zero-order chi connectivity index (χ0) is 12.6. The van der Waals surface area contributed by atoms with Crippen molar-refractivity contribution in [1.82, 2.24) is 10.2 Å². The van der Waals surface area contributed by atoms with E-state index in [1.54, 1.807) is 0 Å². The summed E-state index contributed by atoms with van der Waals surface area (Å²) >= 11 is 0. The van der Waals surface area contributed by atoms with Crippen molar-refractivity contribution in [2.24, 2.45) is 5.92 Å². The van der Waals surface area contributed by atoms with Crippen LogP contribution in [0.25, 0.3) is 0 Å². The average Bonchev–Trinajstić information content (AvgIpc) is 2.22. The molecule has 0 aromatic heterocycles. The van der Waals surface area contributed by atoms with Crippen LogP contribution in [-0.4, -0.2) is 37.1 Å². The molecule has 0 fully saturated rings. The molecule has 0 aliphatic heterocycles. The molecule has 2 heteroatoms. The Morgan fingerprint density at radius 1 is 1.19 bits per heavy atom. The molecule has 98 valence electrons. The Morgan fingerprint density at radius 3 is 2.31 bits per heavy atom. The molecule has 0 saturated carbocycles. The van der Waals surface area contributed by atoms with E-state index < -0.39 is 0 Å². The number of nitrogens with one attached hydrogen (secondary N) is 1. The molecule has 16 heavy (non-hydrogen) atoms. The van der Waals surface area contributed by atoms with E-state index in [1.807, 2.05) is 0 Å². The van der Waals surface area contributed by atoms with Gasteiger partial charge in [0.25, 0.3) is 0 Å². The van der Waals surface area contributed by atoms with Gasteiger partial charge in [-0.05, 0) is 52.6 Å². The first-order valence-corrected chi connectivity index (χ1v) is 6.82. The summed E-state index contributed by atoms with van der Waals surface area (Å²) in [5.74, 6) is 0.837. The van der Waals surface area contributed by atoms with Crippen molar-refractivity contribution in [3.63, 3.8) is 0 Å². The van der Waals surface area contributed by atoms with E-state index in [9.17, 15) is 0 Å². The van der Waals surface area contributed by atoms with Crippen LogP contribution in [0.15, 0.2) is 0 Å². The fraction of sp³-hybridized carbons (Fsp3) is 1.00. The van der Waals surface area contributed by atoms with Crippen LogP contribution in [0.3, 0.4) is 0 Å². The highest BCUT2D eigenvalue weighted by atomic mass is 15.2. The lowest BCUT2D eigenvalue weighted by molar-refractivity contribution is 0.152. The largest absolute Gasteiger partial charge is 0.315 e. The molecule has 0 spiro atoms. The van der Waals surface area contributed by atoms with Crippen molar-refractivity contribution < 1.29 is 0 Å². The van der Waals surface area contributed by atoms with Crippen LogP contribution in [0.5, 0.6) is 0 Å². The predicted octanol–water partition coefficient (Wildman–Crippen LogP) is 3.13. The van der Waals surface area contributed by atoms with Crippen LogP contribution in [0.2, 0.25) is 0 Å². The summed E-state index contributed by atoms with van der Waals surface area (Å²) in [5, 5.41) is 3.53. The number of hydrogen-bond acceptors (Lipinski definition) is 2. The Bertz CT molecular complexity index is 164. The standard InChI is InChI=1S/C14H32N2/c1-7-14(4,5)16(6)12-11-15-10-8-9-13(2)3/h13,15H,7-12H2,1-6H3. The molecule has 0 radical (unpaired) electrons. The van der Waals surface area contributed by atoms with Crippen molar-refractivity contribution >= 4 is 0 Å². The zero-order valence-corrected chi connectivity index (χ0v) is 12.3. The van der Waals surface area contributed by atoms with Gasteiger partial charge in [-0.1, -0.05) is 20.8 Å². The third-order valence-electron chi connectivity index (χ3n) is 3.66. The van der Waals surface area contributed by atoms with Gasteiger partial charge in [-0.3, -0.25) is 4.90 Å². The minimum atomic E-state index is 0.333. The van der Waals surface area contributed by atoms with Crippen LogP contribution in [-0.2, 0) is 0 Å². The molecule has 2 nitrogen and oxygen atoms in total. The highest BCUT2D eigenvalue weighted by Gasteiger charge is 2.19. The zero-order valence-electron chi connectivity index (χ0n) is 12.3. The molecule has 0 aromatic carbocycles. The van der Waals surface area contributed by atoms with E-state index in [1.165, 1.54) is 25.8 Å². The highest BCUT2D eigenvalue weighted by molar-refractivity contribution is 4.77. The second kappa shape index (κ2) is 8.08. The molecule has 0 bridgehead atoms. The van der Waals surface area contributed by atoms with Gasteiger partial charge in [0, 0.05) is 18.6 Å². The third-order valence-corrected chi connectivity index (χ3v) is 3.66. The maximum atomic E-state index is 3.53. The smallest absolute Gasteiger partial charge is 0.0148 e. The summed E-state index contributed by atoms with van der Waals surface area (Å²) in [6.07, 6.45) is 3.85. The van der Waals surface area contributed by atoms with Gasteiger partial charge in [0.15, 0.2) is 0 Å². The summed E-state index contributed by atoms with van der Waals surface area (Å²) in [6, 6.07) is 0. The van der Waals surface area contributed by atoms with Gasteiger partial charge >= 0.3 is 0 Å². The normalized spacial score (nSPS) is 12.8. The van der Waals surface area contributed by atoms with E-state index in [-0.39, 0.29) is 0 Å². The molecule has 0 atom stereocenters. The highest BCUT2D eigenvalue weighted by Crippen LogP contribution is 2.15. The molecule has 0 heterocycles. The molecule has 0 aliphatic rings. The van der Waals surface area contributed by atoms with E-state index in [0.29, 0.717) is 5.54 Å². The number of likely N-dealkylation sites (N-methyl/N-ethyl adjacent to an activating group) is 1. The van der Waals surface area contributed by atoms with E-state index in [2.05, 4.69) is 51.9 Å². The maximum Gasteiger partial charge on any atom is 0.0148 e. The molecule has 0 rings (SSSR count). The Kier molecular flexibility index (Phi) is 8.04. The van der Waals surface area contributed by atoms with Crippen molar-refractivity contribution in [3.8, 4) is 0 Å². The van der Waals surface area contributed by atoms with E-state index >= 15 is 0 Å². The second-order valence-corrected chi connectivity index (χ2v) is 5.87. The lowest BCUT2D eigenvalue weighted by atomic mass is 10.0. The van der Waals surface area contributed by atoms with Crippen LogP contribution < -0.4 is 5.32 Å². The fourth-order valence-corrected chi connectivity index (χ4v) is 1.58. The minimum absolute atomic E-state index is 0.333. The number of rotatable bonds is 9. The second-order valence-electron chi connectivity index (χ2n) is 5.87. The molecular formula is C14H32N2.